The second-order valence-corrected chi connectivity index (χ2v) is 7.87. The number of benzene rings is 1. The van der Waals surface area contributed by atoms with Crippen molar-refractivity contribution >= 4 is 11.9 Å². The molecule has 5 nitrogen and oxygen atoms in total. The topological polar surface area (TPSA) is 100 Å². The normalized spacial score (nSPS) is 10.3. The van der Waals surface area contributed by atoms with Gasteiger partial charge in [0.15, 0.2) is 0 Å². The molecule has 0 amide bonds. The van der Waals surface area contributed by atoms with Crippen molar-refractivity contribution in [3.63, 3.8) is 0 Å². The highest BCUT2D eigenvalue weighted by Gasteiger charge is 1.99. The fraction of sp³-hybridized carbons (Fsp3) is 0.680. The molecule has 1 rings (SSSR count). The van der Waals surface area contributed by atoms with E-state index in [0.29, 0.717) is 0 Å². The van der Waals surface area contributed by atoms with Gasteiger partial charge in [-0.1, -0.05) is 121 Å². The molecular weight excluding hydrogens is 380 g/mol. The minimum absolute atomic E-state index is 0.178. The first-order valence-corrected chi connectivity index (χ1v) is 11.7. The summed E-state index contributed by atoms with van der Waals surface area (Å²) in [6.07, 6.45) is 19.9. The predicted octanol–water partition coefficient (Wildman–Crippen LogP) is 5.46. The van der Waals surface area contributed by atoms with Crippen LogP contribution in [0.25, 0.3) is 0 Å². The Morgan fingerprint density at radius 2 is 1.13 bits per heavy atom. The van der Waals surface area contributed by atoms with E-state index in [-0.39, 0.29) is 12.0 Å². The van der Waals surface area contributed by atoms with Crippen molar-refractivity contribution < 1.29 is 24.9 Å². The zero-order valence-corrected chi connectivity index (χ0v) is 18.7. The van der Waals surface area contributed by atoms with Crippen molar-refractivity contribution in [2.24, 2.45) is 0 Å². The van der Waals surface area contributed by atoms with Gasteiger partial charge in [0.25, 0.3) is 0 Å². The van der Waals surface area contributed by atoms with E-state index < -0.39 is 17.7 Å². The highest BCUT2D eigenvalue weighted by molar-refractivity contribution is 5.90. The molecule has 0 saturated heterocycles. The van der Waals surface area contributed by atoms with Crippen LogP contribution in [0.5, 0.6) is 5.75 Å². The average molecular weight is 421 g/mol. The number of carboxylic acids is 2. The zero-order valence-electron chi connectivity index (χ0n) is 18.7. The fourth-order valence-electron chi connectivity index (χ4n) is 3.28. The molecule has 1 N–H and O–H groups in total. The van der Waals surface area contributed by atoms with E-state index in [1.807, 2.05) is 0 Å². The Bertz CT molecular complexity index is 556. The molecule has 0 saturated carbocycles. The number of aromatic carboxylic acids is 1. The third-order valence-corrected chi connectivity index (χ3v) is 5.10. The SMILES string of the molecule is CCCCCCCCCCCCCCCCCC(=O)[O-].O=C(O)c1ccccc1[O-]. The highest BCUT2D eigenvalue weighted by atomic mass is 16.4. The molecule has 0 atom stereocenters. The minimum atomic E-state index is -1.18. The van der Waals surface area contributed by atoms with Gasteiger partial charge in [-0.25, -0.2) is 4.79 Å². The second-order valence-electron chi connectivity index (χ2n) is 7.87. The lowest BCUT2D eigenvalue weighted by atomic mass is 10.0. The summed E-state index contributed by atoms with van der Waals surface area (Å²) >= 11 is 0. The van der Waals surface area contributed by atoms with Crippen LogP contribution >= 0.6 is 0 Å². The van der Waals surface area contributed by atoms with Crippen LogP contribution in [-0.4, -0.2) is 17.0 Å². The van der Waals surface area contributed by atoms with Crippen LogP contribution < -0.4 is 10.2 Å². The molecule has 0 heterocycles. The highest BCUT2D eigenvalue weighted by Crippen LogP contribution is 2.13. The maximum absolute atomic E-state index is 10.7. The number of carboxylic acid groups (broad SMARTS) is 2. The Kier molecular flexibility index (Phi) is 18.9. The molecule has 1 aromatic carbocycles. The molecule has 172 valence electrons. The van der Waals surface area contributed by atoms with Gasteiger partial charge < -0.3 is 20.1 Å². The van der Waals surface area contributed by atoms with Crippen LogP contribution in [0.4, 0.5) is 0 Å². The predicted molar refractivity (Wildman–Crippen MR) is 117 cm³/mol. The number of aliphatic carboxylic acids is 1. The van der Waals surface area contributed by atoms with Gasteiger partial charge in [0.2, 0.25) is 0 Å². The summed E-state index contributed by atoms with van der Waals surface area (Å²) in [5, 5.41) is 29.3. The maximum Gasteiger partial charge on any atom is 0.335 e. The van der Waals surface area contributed by atoms with E-state index in [1.54, 1.807) is 0 Å². The number of hydrogen-bond acceptors (Lipinski definition) is 4. The third-order valence-electron chi connectivity index (χ3n) is 5.10. The first-order chi connectivity index (χ1) is 14.5. The van der Waals surface area contributed by atoms with Crippen molar-refractivity contribution in [2.75, 3.05) is 0 Å². The van der Waals surface area contributed by atoms with E-state index in [1.165, 1.54) is 108 Å². The Morgan fingerprint density at radius 1 is 0.733 bits per heavy atom. The van der Waals surface area contributed by atoms with Gasteiger partial charge in [-0.2, -0.15) is 0 Å². The number of rotatable bonds is 17. The first kappa shape index (κ1) is 28.0. The van der Waals surface area contributed by atoms with Crippen molar-refractivity contribution in [3.8, 4) is 5.75 Å². The number of carbonyl (C=O) groups excluding carboxylic acids is 1. The molecule has 0 radical (unpaired) electrons. The monoisotopic (exact) mass is 420 g/mol. The van der Waals surface area contributed by atoms with Crippen LogP contribution in [-0.2, 0) is 4.79 Å². The molecule has 5 heteroatoms. The summed E-state index contributed by atoms with van der Waals surface area (Å²) in [6, 6.07) is 5.54. The Morgan fingerprint density at radius 3 is 1.47 bits per heavy atom. The minimum Gasteiger partial charge on any atom is -0.872 e. The quantitative estimate of drug-likeness (QED) is 0.337. The molecule has 0 spiro atoms. The van der Waals surface area contributed by atoms with Gasteiger partial charge >= 0.3 is 5.97 Å². The summed E-state index contributed by atoms with van der Waals surface area (Å²) in [7, 11) is 0. The van der Waals surface area contributed by atoms with Gasteiger partial charge in [-0.15, -0.1) is 0 Å². The van der Waals surface area contributed by atoms with Crippen molar-refractivity contribution in [2.45, 2.75) is 110 Å². The van der Waals surface area contributed by atoms with Crippen LogP contribution in [0.2, 0.25) is 0 Å². The zero-order chi connectivity index (χ0) is 22.5. The summed E-state index contributed by atoms with van der Waals surface area (Å²) in [5.74, 6) is -2.53. The molecule has 0 aromatic heterocycles. The first-order valence-electron chi connectivity index (χ1n) is 11.7. The van der Waals surface area contributed by atoms with Gasteiger partial charge in [-0.05, 0) is 18.9 Å². The lowest BCUT2D eigenvalue weighted by molar-refractivity contribution is -0.305. The third kappa shape index (κ3) is 18.0. The Hall–Kier alpha value is -2.04. The van der Waals surface area contributed by atoms with Crippen LogP contribution in [0.1, 0.15) is 120 Å². The van der Waals surface area contributed by atoms with Crippen molar-refractivity contribution in [3.05, 3.63) is 29.8 Å². The summed E-state index contributed by atoms with van der Waals surface area (Å²) in [6.45, 7) is 2.27. The van der Waals surface area contributed by atoms with Gasteiger partial charge in [0.1, 0.15) is 0 Å². The summed E-state index contributed by atoms with van der Waals surface area (Å²) < 4.78 is 0. The van der Waals surface area contributed by atoms with E-state index in [4.69, 9.17) is 5.11 Å². The Balaban J connectivity index is 0.000000696. The van der Waals surface area contributed by atoms with Crippen LogP contribution in [0.3, 0.4) is 0 Å². The summed E-state index contributed by atoms with van der Waals surface area (Å²) in [4.78, 5) is 20.4. The number of carbonyl (C=O) groups is 2. The van der Waals surface area contributed by atoms with Crippen molar-refractivity contribution in [1.29, 1.82) is 0 Å². The molecule has 0 bridgehead atoms. The molecule has 0 unspecified atom stereocenters. The largest absolute Gasteiger partial charge is 0.872 e. The molecular formula is C25H40O5-2. The molecule has 1 aromatic rings. The second kappa shape index (κ2) is 20.2. The van der Waals surface area contributed by atoms with Gasteiger partial charge in [0, 0.05) is 5.97 Å². The fourth-order valence-corrected chi connectivity index (χ4v) is 3.28. The van der Waals surface area contributed by atoms with Crippen molar-refractivity contribution in [1.82, 2.24) is 0 Å². The molecule has 0 fully saturated rings. The number of unbranched alkanes of at least 4 members (excludes halogenated alkanes) is 14. The average Bonchev–Trinajstić information content (AvgIpc) is 2.71. The van der Waals surface area contributed by atoms with Gasteiger partial charge in [0.05, 0.1) is 5.56 Å². The van der Waals surface area contributed by atoms with E-state index in [2.05, 4.69) is 6.92 Å². The molecule has 0 aliphatic carbocycles. The molecule has 30 heavy (non-hydrogen) atoms. The van der Waals surface area contributed by atoms with E-state index in [0.717, 1.165) is 12.8 Å². The van der Waals surface area contributed by atoms with E-state index >= 15 is 0 Å². The van der Waals surface area contributed by atoms with E-state index in [9.17, 15) is 19.8 Å². The maximum atomic E-state index is 10.7. The molecule has 0 aliphatic heterocycles. The lowest BCUT2D eigenvalue weighted by Crippen LogP contribution is -2.21. The lowest BCUT2D eigenvalue weighted by Gasteiger charge is -2.07. The van der Waals surface area contributed by atoms with Crippen LogP contribution in [0, 0.1) is 0 Å². The standard InChI is InChI=1S/C18H36O2.C7H6O3/c1-2-3-4-5-6-7-8-9-10-11-12-13-14-15-16-17-18(19)20;8-6-4-2-1-3-5(6)7(9)10/h2-17H2,1H3,(H,19,20);1-4,8H,(H,9,10)/p-2. The smallest absolute Gasteiger partial charge is 0.335 e. The van der Waals surface area contributed by atoms with Gasteiger partial charge in [-0.3, -0.25) is 0 Å². The summed E-state index contributed by atoms with van der Waals surface area (Å²) in [5.41, 5.74) is -0.178. The number of hydrogen-bond donors (Lipinski definition) is 1. The Labute approximate surface area is 182 Å². The number of para-hydroxylation sites is 1. The molecule has 0 aliphatic rings. The van der Waals surface area contributed by atoms with Crippen LogP contribution in [0.15, 0.2) is 24.3 Å².